The summed E-state index contributed by atoms with van der Waals surface area (Å²) in [5.74, 6) is 0.307. The highest BCUT2D eigenvalue weighted by Crippen LogP contribution is 2.33. The molecule has 4 heterocycles. The zero-order valence-electron chi connectivity index (χ0n) is 23.7. The Morgan fingerprint density at radius 3 is 2.56 bits per heavy atom. The molecule has 0 saturated heterocycles. The summed E-state index contributed by atoms with van der Waals surface area (Å²) in [6.07, 6.45) is 1.94. The summed E-state index contributed by atoms with van der Waals surface area (Å²) in [5.41, 5.74) is 3.09. The van der Waals surface area contributed by atoms with Crippen molar-refractivity contribution in [3.63, 3.8) is 0 Å². The summed E-state index contributed by atoms with van der Waals surface area (Å²) < 4.78 is 32.0. The summed E-state index contributed by atoms with van der Waals surface area (Å²) >= 11 is 0. The molecule has 0 fully saturated rings. The highest BCUT2D eigenvalue weighted by Gasteiger charge is 2.26. The molecule has 10 heteroatoms. The number of rotatable bonds is 6. The number of halogens is 2. The summed E-state index contributed by atoms with van der Waals surface area (Å²) in [7, 11) is 4.17. The summed E-state index contributed by atoms with van der Waals surface area (Å²) in [5, 5.41) is 3.12. The van der Waals surface area contributed by atoms with Gasteiger partial charge < -0.3 is 14.8 Å². The van der Waals surface area contributed by atoms with E-state index in [4.69, 9.17) is 4.98 Å². The Labute approximate surface area is 228 Å². The third kappa shape index (κ3) is 5.35. The van der Waals surface area contributed by atoms with Crippen molar-refractivity contribution in [2.75, 3.05) is 39.0 Å². The minimum Gasteiger partial charge on any atom is -0.323 e. The molecule has 1 aliphatic heterocycles. The van der Waals surface area contributed by atoms with E-state index in [1.54, 1.807) is 6.07 Å². The normalized spacial score (nSPS) is 16.2. The van der Waals surface area contributed by atoms with E-state index >= 15 is 4.39 Å². The lowest BCUT2D eigenvalue weighted by molar-refractivity contribution is 0.178. The van der Waals surface area contributed by atoms with Crippen LogP contribution in [0.2, 0.25) is 0 Å². The van der Waals surface area contributed by atoms with Gasteiger partial charge in [-0.1, -0.05) is 6.07 Å². The zero-order chi connectivity index (χ0) is 28.1. The molecule has 1 atom stereocenters. The number of likely N-dealkylation sites (N-methyl/N-ethyl adjacent to an activating group) is 1. The van der Waals surface area contributed by atoms with Gasteiger partial charge in [0.1, 0.15) is 22.9 Å². The number of imidazole rings is 1. The molecule has 0 radical (unpaired) electrons. The largest absolute Gasteiger partial charge is 0.323 e. The fourth-order valence-electron chi connectivity index (χ4n) is 5.42. The number of nitrogens with zero attached hydrogens (tertiary/aromatic N) is 7. The van der Waals surface area contributed by atoms with Crippen LogP contribution in [0.15, 0.2) is 30.5 Å². The second-order valence-electron chi connectivity index (χ2n) is 11.5. The highest BCUT2D eigenvalue weighted by atomic mass is 19.1. The molecule has 8 nitrogen and oxygen atoms in total. The van der Waals surface area contributed by atoms with Gasteiger partial charge in [0.2, 0.25) is 5.95 Å². The molecule has 206 valence electrons. The molecule has 1 N–H and O–H groups in total. The summed E-state index contributed by atoms with van der Waals surface area (Å²) in [6.45, 7) is 13.1. The predicted molar refractivity (Wildman–Crippen MR) is 150 cm³/mol. The van der Waals surface area contributed by atoms with Crippen LogP contribution < -0.4 is 5.32 Å². The van der Waals surface area contributed by atoms with Crippen LogP contribution in [-0.2, 0) is 12.0 Å². The van der Waals surface area contributed by atoms with Gasteiger partial charge in [0.05, 0.1) is 11.7 Å². The first-order valence-corrected chi connectivity index (χ1v) is 13.3. The standard InChI is InChI=1S/C29H36F2N8/c1-17-20-8-9-25(34-23(20)10-11-38(17)13-12-37(6)7)35-28-32-16-22(31)26(36-28)19-14-21(30)27-24(15-19)39(18(2)33-27)29(3,4)5/h8-9,14-17H,10-13H2,1-7H3,(H,32,34,35,36)/t17-/m1/s1. The number of aromatic nitrogens is 5. The van der Waals surface area contributed by atoms with Crippen LogP contribution in [0.25, 0.3) is 22.3 Å². The maximum atomic E-state index is 15.1. The van der Waals surface area contributed by atoms with Gasteiger partial charge in [0, 0.05) is 48.9 Å². The lowest BCUT2D eigenvalue weighted by Crippen LogP contribution is -2.38. The molecule has 3 aromatic heterocycles. The minimum absolute atomic E-state index is 0.00993. The number of nitrogens with one attached hydrogen (secondary N) is 1. The maximum absolute atomic E-state index is 15.1. The number of hydrogen-bond acceptors (Lipinski definition) is 7. The van der Waals surface area contributed by atoms with Gasteiger partial charge in [-0.25, -0.2) is 28.7 Å². The van der Waals surface area contributed by atoms with Crippen molar-refractivity contribution in [1.82, 2.24) is 34.3 Å². The third-order valence-electron chi connectivity index (χ3n) is 7.29. The Balaban J connectivity index is 1.44. The molecule has 0 bridgehead atoms. The Bertz CT molecular complexity index is 1520. The minimum atomic E-state index is -0.636. The Morgan fingerprint density at radius 2 is 1.85 bits per heavy atom. The monoisotopic (exact) mass is 534 g/mol. The Hall–Kier alpha value is -3.50. The maximum Gasteiger partial charge on any atom is 0.229 e. The van der Waals surface area contributed by atoms with E-state index in [9.17, 15) is 4.39 Å². The first-order valence-electron chi connectivity index (χ1n) is 13.3. The van der Waals surface area contributed by atoms with Gasteiger partial charge in [-0.15, -0.1) is 0 Å². The molecular formula is C29H36F2N8. The van der Waals surface area contributed by atoms with Crippen molar-refractivity contribution in [1.29, 1.82) is 0 Å². The summed E-state index contributed by atoms with van der Waals surface area (Å²) in [6, 6.07) is 7.27. The number of pyridine rings is 1. The van der Waals surface area contributed by atoms with Crippen molar-refractivity contribution < 1.29 is 8.78 Å². The predicted octanol–water partition coefficient (Wildman–Crippen LogP) is 5.45. The lowest BCUT2D eigenvalue weighted by atomic mass is 9.98. The van der Waals surface area contributed by atoms with Crippen molar-refractivity contribution in [2.45, 2.75) is 52.6 Å². The van der Waals surface area contributed by atoms with E-state index in [0.29, 0.717) is 22.7 Å². The Morgan fingerprint density at radius 1 is 1.08 bits per heavy atom. The molecule has 0 saturated carbocycles. The molecule has 0 spiro atoms. The SMILES string of the molecule is Cc1nc2c(F)cc(-c3nc(Nc4ccc5c(n4)CCN(CCN(C)C)[C@@H]5C)ncc3F)cc2n1C(C)(C)C. The number of hydrogen-bond donors (Lipinski definition) is 1. The van der Waals surface area contributed by atoms with Crippen LogP contribution in [0.3, 0.4) is 0 Å². The van der Waals surface area contributed by atoms with Crippen molar-refractivity contribution in [2.24, 2.45) is 0 Å². The topological polar surface area (TPSA) is 75.0 Å². The molecule has 5 rings (SSSR count). The van der Waals surface area contributed by atoms with E-state index < -0.39 is 11.6 Å². The molecule has 0 aliphatic carbocycles. The third-order valence-corrected chi connectivity index (χ3v) is 7.29. The average molecular weight is 535 g/mol. The van der Waals surface area contributed by atoms with Gasteiger partial charge in [-0.05, 0) is 72.5 Å². The van der Waals surface area contributed by atoms with Gasteiger partial charge in [0.25, 0.3) is 0 Å². The molecular weight excluding hydrogens is 498 g/mol. The van der Waals surface area contributed by atoms with Crippen LogP contribution in [0.4, 0.5) is 20.5 Å². The molecule has 0 amide bonds. The van der Waals surface area contributed by atoms with Crippen LogP contribution in [0.1, 0.15) is 50.8 Å². The lowest BCUT2D eigenvalue weighted by Gasteiger charge is -2.35. The smallest absolute Gasteiger partial charge is 0.229 e. The van der Waals surface area contributed by atoms with E-state index in [1.807, 2.05) is 38.3 Å². The first-order chi connectivity index (χ1) is 18.4. The van der Waals surface area contributed by atoms with E-state index in [2.05, 4.69) is 57.2 Å². The van der Waals surface area contributed by atoms with Crippen molar-refractivity contribution in [3.8, 4) is 11.3 Å². The quantitative estimate of drug-likeness (QED) is 0.352. The Kier molecular flexibility index (Phi) is 7.11. The van der Waals surface area contributed by atoms with Gasteiger partial charge in [0.15, 0.2) is 11.6 Å². The van der Waals surface area contributed by atoms with Crippen molar-refractivity contribution in [3.05, 3.63) is 59.2 Å². The molecule has 39 heavy (non-hydrogen) atoms. The van der Waals surface area contributed by atoms with E-state index in [-0.39, 0.29) is 28.7 Å². The van der Waals surface area contributed by atoms with E-state index in [0.717, 1.165) is 37.9 Å². The fourth-order valence-corrected chi connectivity index (χ4v) is 5.42. The van der Waals surface area contributed by atoms with Crippen LogP contribution in [0.5, 0.6) is 0 Å². The molecule has 4 aromatic rings. The second-order valence-corrected chi connectivity index (χ2v) is 11.5. The second kappa shape index (κ2) is 10.2. The van der Waals surface area contributed by atoms with Gasteiger partial charge in [-0.2, -0.15) is 0 Å². The molecule has 0 unspecified atom stereocenters. The van der Waals surface area contributed by atoms with E-state index in [1.165, 1.54) is 11.6 Å². The average Bonchev–Trinajstić information content (AvgIpc) is 3.21. The van der Waals surface area contributed by atoms with Crippen LogP contribution in [0, 0.1) is 18.6 Å². The number of benzene rings is 1. The molecule has 1 aliphatic rings. The van der Waals surface area contributed by atoms with Gasteiger partial charge in [-0.3, -0.25) is 4.90 Å². The zero-order valence-corrected chi connectivity index (χ0v) is 23.7. The molecule has 1 aromatic carbocycles. The van der Waals surface area contributed by atoms with Crippen molar-refractivity contribution >= 4 is 22.8 Å². The van der Waals surface area contributed by atoms with Gasteiger partial charge >= 0.3 is 0 Å². The van der Waals surface area contributed by atoms with Crippen LogP contribution >= 0.6 is 0 Å². The summed E-state index contributed by atoms with van der Waals surface area (Å²) in [4.78, 5) is 22.4. The number of anilines is 2. The number of fused-ring (bicyclic) bond motifs is 2. The first kappa shape index (κ1) is 27.1. The fraction of sp³-hybridized carbons (Fsp3) is 0.448. The van der Waals surface area contributed by atoms with Crippen LogP contribution in [-0.4, -0.2) is 68.0 Å². The highest BCUT2D eigenvalue weighted by molar-refractivity contribution is 5.83. The number of aryl methyl sites for hydroxylation is 1.